The zero-order chi connectivity index (χ0) is 13.2. The summed E-state index contributed by atoms with van der Waals surface area (Å²) in [7, 11) is 1.91. The highest BCUT2D eigenvalue weighted by Crippen LogP contribution is 2.33. The van der Waals surface area contributed by atoms with Crippen molar-refractivity contribution < 1.29 is 9.53 Å². The minimum atomic E-state index is -0.324. The average molecular weight is 291 g/mol. The van der Waals surface area contributed by atoms with Gasteiger partial charge in [0.15, 0.2) is 0 Å². The molecule has 1 aliphatic heterocycles. The molecule has 2 N–H and O–H groups in total. The Morgan fingerprint density at radius 2 is 2.16 bits per heavy atom. The monoisotopic (exact) mass is 290 g/mol. The topological polar surface area (TPSA) is 55.6 Å². The number of nitrogens with two attached hydrogens (primary N) is 1. The van der Waals surface area contributed by atoms with Crippen LogP contribution in [0.2, 0.25) is 0 Å². The van der Waals surface area contributed by atoms with Gasteiger partial charge < -0.3 is 15.4 Å². The summed E-state index contributed by atoms with van der Waals surface area (Å²) in [6, 6.07) is 0. The van der Waals surface area contributed by atoms with Crippen LogP contribution in [0.5, 0.6) is 0 Å². The van der Waals surface area contributed by atoms with Gasteiger partial charge in [-0.25, -0.2) is 0 Å². The van der Waals surface area contributed by atoms with Crippen LogP contribution < -0.4 is 5.73 Å². The molecule has 3 atom stereocenters. The molecule has 1 aliphatic carbocycles. The fourth-order valence-electron chi connectivity index (χ4n) is 3.23. The Bertz CT molecular complexity index is 304. The third-order valence-electron chi connectivity index (χ3n) is 4.48. The zero-order valence-electron chi connectivity index (χ0n) is 12.1. The molecule has 0 bridgehead atoms. The van der Waals surface area contributed by atoms with Crippen LogP contribution in [0.25, 0.3) is 0 Å². The summed E-state index contributed by atoms with van der Waals surface area (Å²) in [5, 5.41) is 0. The van der Waals surface area contributed by atoms with Gasteiger partial charge in [0, 0.05) is 31.7 Å². The predicted octanol–water partition coefficient (Wildman–Crippen LogP) is 1.81. The first-order valence-corrected chi connectivity index (χ1v) is 7.12. The van der Waals surface area contributed by atoms with Gasteiger partial charge in [0.05, 0.1) is 12.5 Å². The van der Waals surface area contributed by atoms with Crippen molar-refractivity contribution in [2.24, 2.45) is 17.6 Å². The van der Waals surface area contributed by atoms with Crippen LogP contribution in [0.4, 0.5) is 0 Å². The van der Waals surface area contributed by atoms with Gasteiger partial charge in [0.1, 0.15) is 0 Å². The summed E-state index contributed by atoms with van der Waals surface area (Å²) in [6.45, 7) is 4.47. The Morgan fingerprint density at radius 3 is 2.74 bits per heavy atom. The molecule has 0 aromatic heterocycles. The number of ether oxygens (including phenoxy) is 1. The third-order valence-corrected chi connectivity index (χ3v) is 4.48. The van der Waals surface area contributed by atoms with Gasteiger partial charge in [-0.05, 0) is 26.2 Å². The quantitative estimate of drug-likeness (QED) is 0.862. The second kappa shape index (κ2) is 6.91. The van der Waals surface area contributed by atoms with Crippen molar-refractivity contribution in [2.45, 2.75) is 44.6 Å². The van der Waals surface area contributed by atoms with E-state index in [1.165, 1.54) is 0 Å². The highest BCUT2D eigenvalue weighted by atomic mass is 35.5. The average Bonchev–Trinajstić information content (AvgIpc) is 2.80. The molecule has 1 saturated carbocycles. The molecule has 4 nitrogen and oxygen atoms in total. The molecule has 5 heteroatoms. The number of carbonyl (C=O) groups is 1. The lowest BCUT2D eigenvalue weighted by Gasteiger charge is -2.39. The third kappa shape index (κ3) is 4.07. The predicted molar refractivity (Wildman–Crippen MR) is 78.4 cm³/mol. The molecule has 1 heterocycles. The first-order chi connectivity index (χ1) is 8.50. The van der Waals surface area contributed by atoms with E-state index < -0.39 is 0 Å². The van der Waals surface area contributed by atoms with Crippen LogP contribution in [-0.2, 0) is 9.53 Å². The van der Waals surface area contributed by atoms with Crippen molar-refractivity contribution >= 4 is 18.3 Å². The Labute approximate surface area is 122 Å². The lowest BCUT2D eigenvalue weighted by atomic mass is 9.74. The Balaban J connectivity index is 0.00000180. The number of hydrogen-bond acceptors (Lipinski definition) is 3. The number of rotatable bonds is 3. The molecule has 0 aromatic rings. The summed E-state index contributed by atoms with van der Waals surface area (Å²) in [5.74, 6) is 0.733. The first kappa shape index (κ1) is 16.7. The standard InChI is InChI=1S/C14H26N2O2.ClH/c1-14(15)7-4-3-5-12(14)13(17)16(2)9-11-6-8-18-10-11;/h11-12H,3-10,15H2,1-2H3;1H. The van der Waals surface area contributed by atoms with Crippen molar-refractivity contribution in [3.63, 3.8) is 0 Å². The summed E-state index contributed by atoms with van der Waals surface area (Å²) in [6.07, 6.45) is 5.25. The first-order valence-electron chi connectivity index (χ1n) is 7.12. The van der Waals surface area contributed by atoms with Crippen LogP contribution >= 0.6 is 12.4 Å². The second-order valence-corrected chi connectivity index (χ2v) is 6.25. The zero-order valence-corrected chi connectivity index (χ0v) is 12.9. The molecular weight excluding hydrogens is 264 g/mol. The van der Waals surface area contributed by atoms with Gasteiger partial charge >= 0.3 is 0 Å². The van der Waals surface area contributed by atoms with Gasteiger partial charge in [-0.15, -0.1) is 12.4 Å². The van der Waals surface area contributed by atoms with Crippen molar-refractivity contribution in [3.05, 3.63) is 0 Å². The van der Waals surface area contributed by atoms with Gasteiger partial charge in [-0.2, -0.15) is 0 Å². The summed E-state index contributed by atoms with van der Waals surface area (Å²) in [4.78, 5) is 14.4. The largest absolute Gasteiger partial charge is 0.381 e. The molecule has 0 spiro atoms. The maximum absolute atomic E-state index is 12.5. The van der Waals surface area contributed by atoms with Gasteiger partial charge in [0.2, 0.25) is 5.91 Å². The lowest BCUT2D eigenvalue weighted by molar-refractivity contribution is -0.138. The van der Waals surface area contributed by atoms with Crippen LogP contribution in [0.15, 0.2) is 0 Å². The molecule has 0 aromatic carbocycles. The maximum atomic E-state index is 12.5. The van der Waals surface area contributed by atoms with E-state index in [2.05, 4.69) is 0 Å². The molecule has 0 radical (unpaired) electrons. The summed E-state index contributed by atoms with van der Waals surface area (Å²) in [5.41, 5.74) is 5.97. The van der Waals surface area contributed by atoms with E-state index in [1.54, 1.807) is 0 Å². The van der Waals surface area contributed by atoms with E-state index in [0.717, 1.165) is 51.9 Å². The molecule has 2 aliphatic rings. The second-order valence-electron chi connectivity index (χ2n) is 6.25. The van der Waals surface area contributed by atoms with Crippen molar-refractivity contribution in [1.29, 1.82) is 0 Å². The molecule has 1 amide bonds. The van der Waals surface area contributed by atoms with Gasteiger partial charge in [-0.3, -0.25) is 4.79 Å². The SMILES string of the molecule is CN(CC1CCOC1)C(=O)C1CCCCC1(C)N.Cl. The maximum Gasteiger partial charge on any atom is 0.227 e. The van der Waals surface area contributed by atoms with Gasteiger partial charge in [-0.1, -0.05) is 12.8 Å². The smallest absolute Gasteiger partial charge is 0.227 e. The van der Waals surface area contributed by atoms with Crippen molar-refractivity contribution in [2.75, 3.05) is 26.8 Å². The fourth-order valence-corrected chi connectivity index (χ4v) is 3.23. The van der Waals surface area contributed by atoms with Crippen LogP contribution in [0, 0.1) is 11.8 Å². The molecule has 2 rings (SSSR count). The number of nitrogens with zero attached hydrogens (tertiary/aromatic N) is 1. The molecule has 2 fully saturated rings. The van der Waals surface area contributed by atoms with Crippen LogP contribution in [-0.4, -0.2) is 43.2 Å². The lowest BCUT2D eigenvalue weighted by Crippen LogP contribution is -2.53. The highest BCUT2D eigenvalue weighted by Gasteiger charge is 2.39. The normalized spacial score (nSPS) is 34.7. The number of amides is 1. The number of hydrogen-bond donors (Lipinski definition) is 1. The Hall–Kier alpha value is -0.320. The molecule has 19 heavy (non-hydrogen) atoms. The van der Waals surface area contributed by atoms with Crippen LogP contribution in [0.3, 0.4) is 0 Å². The molecular formula is C14H27ClN2O2. The Kier molecular flexibility index (Phi) is 6.09. The number of halogens is 1. The summed E-state index contributed by atoms with van der Waals surface area (Å²) < 4.78 is 5.36. The molecule has 1 saturated heterocycles. The highest BCUT2D eigenvalue weighted by molar-refractivity contribution is 5.85. The fraction of sp³-hybridized carbons (Fsp3) is 0.929. The van der Waals surface area contributed by atoms with Crippen molar-refractivity contribution in [1.82, 2.24) is 4.90 Å². The molecule has 112 valence electrons. The van der Waals surface area contributed by atoms with Crippen LogP contribution in [0.1, 0.15) is 39.0 Å². The molecule has 3 unspecified atom stereocenters. The van der Waals surface area contributed by atoms with Gasteiger partial charge in [0.25, 0.3) is 0 Å². The van der Waals surface area contributed by atoms with E-state index in [9.17, 15) is 4.79 Å². The van der Waals surface area contributed by atoms with E-state index in [-0.39, 0.29) is 29.8 Å². The van der Waals surface area contributed by atoms with E-state index in [0.29, 0.717) is 5.92 Å². The number of carbonyl (C=O) groups excluding carboxylic acids is 1. The van der Waals surface area contributed by atoms with E-state index in [1.807, 2.05) is 18.9 Å². The Morgan fingerprint density at radius 1 is 1.42 bits per heavy atom. The van der Waals surface area contributed by atoms with E-state index in [4.69, 9.17) is 10.5 Å². The summed E-state index contributed by atoms with van der Waals surface area (Å²) >= 11 is 0. The van der Waals surface area contributed by atoms with Crippen molar-refractivity contribution in [3.8, 4) is 0 Å². The minimum absolute atomic E-state index is 0. The van der Waals surface area contributed by atoms with E-state index >= 15 is 0 Å². The minimum Gasteiger partial charge on any atom is -0.381 e.